The number of benzene rings is 1. The zero-order valence-corrected chi connectivity index (χ0v) is 10.8. The van der Waals surface area contributed by atoms with Gasteiger partial charge in [0.05, 0.1) is 0 Å². The van der Waals surface area contributed by atoms with E-state index in [-0.39, 0.29) is 11.8 Å². The molecule has 1 aliphatic rings. The summed E-state index contributed by atoms with van der Waals surface area (Å²) in [5, 5.41) is 0. The topological polar surface area (TPSA) is 46.3 Å². The highest BCUT2D eigenvalue weighted by molar-refractivity contribution is 9.10. The van der Waals surface area contributed by atoms with Gasteiger partial charge in [-0.15, -0.1) is 0 Å². The van der Waals surface area contributed by atoms with Crippen molar-refractivity contribution in [1.29, 1.82) is 0 Å². The van der Waals surface area contributed by atoms with Crippen LogP contribution in [0.1, 0.15) is 12.5 Å². The molecule has 1 aromatic rings. The number of carbonyl (C=O) groups excluding carboxylic acids is 1. The van der Waals surface area contributed by atoms with Crippen LogP contribution in [0.15, 0.2) is 22.7 Å². The Balaban J connectivity index is 2.27. The van der Waals surface area contributed by atoms with Crippen LogP contribution in [-0.2, 0) is 11.2 Å². The summed E-state index contributed by atoms with van der Waals surface area (Å²) in [6.45, 7) is 3.05. The van der Waals surface area contributed by atoms with Crippen LogP contribution in [0, 0.1) is 5.92 Å². The largest absolute Gasteiger partial charge is 0.330 e. The molecule has 86 valence electrons. The molecule has 1 heterocycles. The number of rotatable bonds is 2. The molecule has 1 amide bonds. The molecule has 0 saturated heterocycles. The molecule has 2 N–H and O–H groups in total. The Bertz CT molecular complexity index is 419. The van der Waals surface area contributed by atoms with E-state index in [9.17, 15) is 4.79 Å². The second kappa shape index (κ2) is 4.55. The zero-order valence-electron chi connectivity index (χ0n) is 9.24. The first kappa shape index (κ1) is 11.6. The third kappa shape index (κ3) is 1.99. The molecule has 1 unspecified atom stereocenters. The second-order valence-electron chi connectivity index (χ2n) is 4.15. The van der Waals surface area contributed by atoms with Crippen LogP contribution in [-0.4, -0.2) is 19.0 Å². The normalized spacial score (nSPS) is 16.1. The van der Waals surface area contributed by atoms with E-state index in [1.807, 2.05) is 24.0 Å². The lowest BCUT2D eigenvalue weighted by Gasteiger charge is -2.20. The predicted molar refractivity (Wildman–Crippen MR) is 68.4 cm³/mol. The maximum Gasteiger partial charge on any atom is 0.231 e. The maximum absolute atomic E-state index is 12.1. The van der Waals surface area contributed by atoms with Gasteiger partial charge >= 0.3 is 0 Å². The number of hydrogen-bond acceptors (Lipinski definition) is 2. The Morgan fingerprint density at radius 2 is 2.38 bits per heavy atom. The molecule has 0 fully saturated rings. The van der Waals surface area contributed by atoms with Gasteiger partial charge in [0.25, 0.3) is 0 Å². The van der Waals surface area contributed by atoms with Gasteiger partial charge in [-0.25, -0.2) is 0 Å². The van der Waals surface area contributed by atoms with Crippen molar-refractivity contribution in [2.75, 3.05) is 18.0 Å². The average Bonchev–Trinajstić information content (AvgIpc) is 2.69. The predicted octanol–water partition coefficient (Wildman–Crippen LogP) is 1.93. The average molecular weight is 283 g/mol. The van der Waals surface area contributed by atoms with E-state index in [0.717, 1.165) is 23.1 Å². The van der Waals surface area contributed by atoms with E-state index < -0.39 is 0 Å². The van der Waals surface area contributed by atoms with Crippen molar-refractivity contribution in [1.82, 2.24) is 0 Å². The molecule has 0 bridgehead atoms. The number of amides is 1. The van der Waals surface area contributed by atoms with E-state index >= 15 is 0 Å². The van der Waals surface area contributed by atoms with Gasteiger partial charge in [-0.2, -0.15) is 0 Å². The molecule has 1 atom stereocenters. The number of nitrogens with zero attached hydrogens (tertiary/aromatic N) is 1. The summed E-state index contributed by atoms with van der Waals surface area (Å²) in [6, 6.07) is 6.04. The smallest absolute Gasteiger partial charge is 0.231 e. The SMILES string of the molecule is CC(CN)C(=O)N1CCc2cc(Br)ccc21. The van der Waals surface area contributed by atoms with Crippen LogP contribution in [0.5, 0.6) is 0 Å². The summed E-state index contributed by atoms with van der Waals surface area (Å²) < 4.78 is 1.06. The minimum atomic E-state index is -0.102. The van der Waals surface area contributed by atoms with Crippen molar-refractivity contribution in [3.8, 4) is 0 Å². The fourth-order valence-corrected chi connectivity index (χ4v) is 2.37. The number of hydrogen-bond donors (Lipinski definition) is 1. The molecule has 0 aliphatic carbocycles. The number of carbonyl (C=O) groups is 1. The highest BCUT2D eigenvalue weighted by atomic mass is 79.9. The van der Waals surface area contributed by atoms with Crippen LogP contribution < -0.4 is 10.6 Å². The molecule has 4 heteroatoms. The molecule has 0 spiro atoms. The van der Waals surface area contributed by atoms with Gasteiger partial charge < -0.3 is 10.6 Å². The molecule has 0 saturated carbocycles. The van der Waals surface area contributed by atoms with Gasteiger partial charge in [-0.1, -0.05) is 22.9 Å². The van der Waals surface area contributed by atoms with Gasteiger partial charge in [0, 0.05) is 29.2 Å². The molecular weight excluding hydrogens is 268 g/mol. The van der Waals surface area contributed by atoms with Gasteiger partial charge in [-0.3, -0.25) is 4.79 Å². The number of halogens is 1. The van der Waals surface area contributed by atoms with Gasteiger partial charge in [0.15, 0.2) is 0 Å². The van der Waals surface area contributed by atoms with E-state index in [0.29, 0.717) is 6.54 Å². The van der Waals surface area contributed by atoms with Crippen LogP contribution in [0.3, 0.4) is 0 Å². The van der Waals surface area contributed by atoms with Crippen molar-refractivity contribution in [2.24, 2.45) is 11.7 Å². The Labute approximate surface area is 104 Å². The van der Waals surface area contributed by atoms with Gasteiger partial charge in [-0.05, 0) is 30.2 Å². The number of anilines is 1. The summed E-state index contributed by atoms with van der Waals surface area (Å²) in [6.07, 6.45) is 0.928. The van der Waals surface area contributed by atoms with Crippen molar-refractivity contribution in [2.45, 2.75) is 13.3 Å². The standard InChI is InChI=1S/C12H15BrN2O/c1-8(7-14)12(16)15-5-4-9-6-10(13)2-3-11(9)15/h2-3,6,8H,4-5,7,14H2,1H3. The van der Waals surface area contributed by atoms with Gasteiger partial charge in [0.2, 0.25) is 5.91 Å². The second-order valence-corrected chi connectivity index (χ2v) is 5.07. The monoisotopic (exact) mass is 282 g/mol. The third-order valence-corrected chi connectivity index (χ3v) is 3.47. The maximum atomic E-state index is 12.1. The molecule has 3 nitrogen and oxygen atoms in total. The molecule has 0 radical (unpaired) electrons. The summed E-state index contributed by atoms with van der Waals surface area (Å²) in [7, 11) is 0. The molecule has 0 aromatic heterocycles. The first-order valence-corrected chi connectivity index (χ1v) is 6.22. The lowest BCUT2D eigenvalue weighted by atomic mass is 10.1. The fourth-order valence-electron chi connectivity index (χ4n) is 1.97. The van der Waals surface area contributed by atoms with Crippen molar-refractivity contribution >= 4 is 27.5 Å². The molecule has 2 rings (SSSR count). The van der Waals surface area contributed by atoms with E-state index in [1.165, 1.54) is 5.56 Å². The third-order valence-electron chi connectivity index (χ3n) is 2.98. The van der Waals surface area contributed by atoms with Crippen molar-refractivity contribution in [3.05, 3.63) is 28.2 Å². The van der Waals surface area contributed by atoms with Crippen LogP contribution in [0.25, 0.3) is 0 Å². The van der Waals surface area contributed by atoms with Crippen LogP contribution >= 0.6 is 15.9 Å². The fraction of sp³-hybridized carbons (Fsp3) is 0.417. The Morgan fingerprint density at radius 3 is 3.06 bits per heavy atom. The lowest BCUT2D eigenvalue weighted by molar-refractivity contribution is -0.121. The Kier molecular flexibility index (Phi) is 3.30. The van der Waals surface area contributed by atoms with Crippen molar-refractivity contribution in [3.63, 3.8) is 0 Å². The van der Waals surface area contributed by atoms with E-state index in [2.05, 4.69) is 22.0 Å². The lowest BCUT2D eigenvalue weighted by Crippen LogP contribution is -2.36. The molecule has 1 aromatic carbocycles. The Morgan fingerprint density at radius 1 is 1.62 bits per heavy atom. The molecule has 16 heavy (non-hydrogen) atoms. The highest BCUT2D eigenvalue weighted by Crippen LogP contribution is 2.31. The first-order chi connectivity index (χ1) is 7.63. The Hall–Kier alpha value is -0.870. The highest BCUT2D eigenvalue weighted by Gasteiger charge is 2.27. The minimum Gasteiger partial charge on any atom is -0.330 e. The quantitative estimate of drug-likeness (QED) is 0.901. The summed E-state index contributed by atoms with van der Waals surface area (Å²) in [4.78, 5) is 13.9. The summed E-state index contributed by atoms with van der Waals surface area (Å²) in [5.41, 5.74) is 7.79. The van der Waals surface area contributed by atoms with Gasteiger partial charge in [0.1, 0.15) is 0 Å². The number of fused-ring (bicyclic) bond motifs is 1. The van der Waals surface area contributed by atoms with Crippen LogP contribution in [0.2, 0.25) is 0 Å². The first-order valence-electron chi connectivity index (χ1n) is 5.43. The van der Waals surface area contributed by atoms with Crippen LogP contribution in [0.4, 0.5) is 5.69 Å². The summed E-state index contributed by atoms with van der Waals surface area (Å²) >= 11 is 3.44. The van der Waals surface area contributed by atoms with Crippen molar-refractivity contribution < 1.29 is 4.79 Å². The zero-order chi connectivity index (χ0) is 11.7. The molecule has 1 aliphatic heterocycles. The molecular formula is C12H15BrN2O. The van der Waals surface area contributed by atoms with E-state index in [1.54, 1.807) is 0 Å². The summed E-state index contributed by atoms with van der Waals surface area (Å²) in [5.74, 6) is 0.0261. The van der Waals surface area contributed by atoms with E-state index in [4.69, 9.17) is 5.73 Å². The number of nitrogens with two attached hydrogens (primary N) is 1. The minimum absolute atomic E-state index is 0.102.